The molecule has 1 saturated heterocycles. The van der Waals surface area contributed by atoms with Crippen LogP contribution >= 0.6 is 11.3 Å². The van der Waals surface area contributed by atoms with Crippen LogP contribution in [0, 0.1) is 12.3 Å². The largest absolute Gasteiger partial charge is 0.317 e. The number of aryl methyl sites for hydroxylation is 1. The quantitative estimate of drug-likeness (QED) is 0.825. The SMILES string of the molecule is CCCC1(CNCc2ccc(C)s2)CCNCC1. The summed E-state index contributed by atoms with van der Waals surface area (Å²) in [5.41, 5.74) is 0.548. The van der Waals surface area contributed by atoms with Gasteiger partial charge in [0.15, 0.2) is 0 Å². The van der Waals surface area contributed by atoms with Crippen LogP contribution in [-0.2, 0) is 6.54 Å². The van der Waals surface area contributed by atoms with Crippen LogP contribution in [-0.4, -0.2) is 19.6 Å². The second kappa shape index (κ2) is 6.69. The molecule has 18 heavy (non-hydrogen) atoms. The summed E-state index contributed by atoms with van der Waals surface area (Å²) in [6, 6.07) is 4.47. The Morgan fingerprint density at radius 2 is 2.11 bits per heavy atom. The summed E-state index contributed by atoms with van der Waals surface area (Å²) in [5.74, 6) is 0. The smallest absolute Gasteiger partial charge is 0.0300 e. The third kappa shape index (κ3) is 3.81. The van der Waals surface area contributed by atoms with E-state index in [4.69, 9.17) is 0 Å². The Balaban J connectivity index is 1.82. The van der Waals surface area contributed by atoms with Crippen molar-refractivity contribution in [3.8, 4) is 0 Å². The van der Waals surface area contributed by atoms with Crippen molar-refractivity contribution in [2.75, 3.05) is 19.6 Å². The Hall–Kier alpha value is -0.380. The molecule has 0 amide bonds. The lowest BCUT2D eigenvalue weighted by atomic mass is 9.75. The van der Waals surface area contributed by atoms with E-state index in [1.54, 1.807) is 0 Å². The van der Waals surface area contributed by atoms with E-state index in [1.165, 1.54) is 55.1 Å². The van der Waals surface area contributed by atoms with Crippen molar-refractivity contribution in [3.63, 3.8) is 0 Å². The molecule has 0 spiro atoms. The van der Waals surface area contributed by atoms with Crippen LogP contribution in [0.5, 0.6) is 0 Å². The molecular formula is C15H26N2S. The second-order valence-electron chi connectivity index (χ2n) is 5.62. The lowest BCUT2D eigenvalue weighted by Crippen LogP contribution is -2.43. The third-order valence-electron chi connectivity index (χ3n) is 4.04. The maximum atomic E-state index is 3.69. The first-order valence-electron chi connectivity index (χ1n) is 7.21. The van der Waals surface area contributed by atoms with Crippen molar-refractivity contribution in [3.05, 3.63) is 21.9 Å². The molecule has 102 valence electrons. The molecule has 1 aromatic rings. The Morgan fingerprint density at radius 3 is 2.72 bits per heavy atom. The zero-order valence-corrected chi connectivity index (χ0v) is 12.5. The minimum atomic E-state index is 0.548. The summed E-state index contributed by atoms with van der Waals surface area (Å²) in [4.78, 5) is 2.88. The molecule has 2 N–H and O–H groups in total. The summed E-state index contributed by atoms with van der Waals surface area (Å²) >= 11 is 1.91. The van der Waals surface area contributed by atoms with Gasteiger partial charge < -0.3 is 10.6 Å². The summed E-state index contributed by atoms with van der Waals surface area (Å²) in [6.45, 7) is 9.10. The van der Waals surface area contributed by atoms with E-state index >= 15 is 0 Å². The van der Waals surface area contributed by atoms with Gasteiger partial charge >= 0.3 is 0 Å². The fourth-order valence-electron chi connectivity index (χ4n) is 3.03. The van der Waals surface area contributed by atoms with Crippen LogP contribution < -0.4 is 10.6 Å². The lowest BCUT2D eigenvalue weighted by Gasteiger charge is -2.38. The van der Waals surface area contributed by atoms with Gasteiger partial charge in [-0.15, -0.1) is 11.3 Å². The average molecular weight is 266 g/mol. The van der Waals surface area contributed by atoms with Crippen molar-refractivity contribution in [2.24, 2.45) is 5.41 Å². The number of rotatable bonds is 6. The van der Waals surface area contributed by atoms with Crippen LogP contribution in [0.25, 0.3) is 0 Å². The van der Waals surface area contributed by atoms with Gasteiger partial charge in [-0.25, -0.2) is 0 Å². The molecule has 0 aliphatic carbocycles. The summed E-state index contributed by atoms with van der Waals surface area (Å²) < 4.78 is 0. The highest BCUT2D eigenvalue weighted by molar-refractivity contribution is 7.11. The highest BCUT2D eigenvalue weighted by Gasteiger charge is 2.30. The van der Waals surface area contributed by atoms with E-state index in [9.17, 15) is 0 Å². The van der Waals surface area contributed by atoms with Crippen LogP contribution in [0.4, 0.5) is 0 Å². The molecule has 2 rings (SSSR count). The fourth-order valence-corrected chi connectivity index (χ4v) is 3.89. The molecule has 0 bridgehead atoms. The normalized spacial score (nSPS) is 19.0. The highest BCUT2D eigenvalue weighted by atomic mass is 32.1. The van der Waals surface area contributed by atoms with Crippen LogP contribution in [0.3, 0.4) is 0 Å². The molecule has 2 nitrogen and oxygen atoms in total. The van der Waals surface area contributed by atoms with E-state index < -0.39 is 0 Å². The molecule has 0 aromatic carbocycles. The topological polar surface area (TPSA) is 24.1 Å². The summed E-state index contributed by atoms with van der Waals surface area (Å²) in [6.07, 6.45) is 5.33. The molecule has 0 atom stereocenters. The van der Waals surface area contributed by atoms with Gasteiger partial charge in [0.1, 0.15) is 0 Å². The van der Waals surface area contributed by atoms with Crippen LogP contribution in [0.15, 0.2) is 12.1 Å². The van der Waals surface area contributed by atoms with Crippen LogP contribution in [0.1, 0.15) is 42.4 Å². The van der Waals surface area contributed by atoms with E-state index in [0.717, 1.165) is 6.54 Å². The zero-order valence-electron chi connectivity index (χ0n) is 11.7. The van der Waals surface area contributed by atoms with Gasteiger partial charge in [0.25, 0.3) is 0 Å². The zero-order chi connectivity index (χ0) is 12.8. The molecule has 1 fully saturated rings. The monoisotopic (exact) mass is 266 g/mol. The highest BCUT2D eigenvalue weighted by Crippen LogP contribution is 2.33. The molecule has 1 aliphatic rings. The second-order valence-corrected chi connectivity index (χ2v) is 6.99. The molecule has 1 aliphatic heterocycles. The number of thiophene rings is 1. The van der Waals surface area contributed by atoms with E-state index in [-0.39, 0.29) is 0 Å². The van der Waals surface area contributed by atoms with Gasteiger partial charge in [0.05, 0.1) is 0 Å². The summed E-state index contributed by atoms with van der Waals surface area (Å²) in [7, 11) is 0. The molecule has 3 heteroatoms. The molecule has 0 saturated carbocycles. The molecule has 0 radical (unpaired) electrons. The maximum Gasteiger partial charge on any atom is 0.0300 e. The average Bonchev–Trinajstić information content (AvgIpc) is 2.77. The molecular weight excluding hydrogens is 240 g/mol. The van der Waals surface area contributed by atoms with Gasteiger partial charge in [0.2, 0.25) is 0 Å². The minimum Gasteiger partial charge on any atom is -0.317 e. The Morgan fingerprint density at radius 1 is 1.33 bits per heavy atom. The fraction of sp³-hybridized carbons (Fsp3) is 0.733. The van der Waals surface area contributed by atoms with E-state index in [2.05, 4.69) is 36.6 Å². The minimum absolute atomic E-state index is 0.548. The number of piperidine rings is 1. The van der Waals surface area contributed by atoms with E-state index in [0.29, 0.717) is 5.41 Å². The maximum absolute atomic E-state index is 3.69. The van der Waals surface area contributed by atoms with Crippen molar-refractivity contribution in [1.29, 1.82) is 0 Å². The molecule has 1 aromatic heterocycles. The summed E-state index contributed by atoms with van der Waals surface area (Å²) in [5, 5.41) is 7.18. The van der Waals surface area contributed by atoms with Gasteiger partial charge in [-0.2, -0.15) is 0 Å². The predicted octanol–water partition coefficient (Wildman–Crippen LogP) is 3.32. The van der Waals surface area contributed by atoms with Crippen molar-refractivity contribution in [1.82, 2.24) is 10.6 Å². The standard InChI is InChI=1S/C15H26N2S/c1-3-6-15(7-9-16-10-8-15)12-17-11-14-5-4-13(2)18-14/h4-5,16-17H,3,6-12H2,1-2H3. The van der Waals surface area contributed by atoms with Crippen molar-refractivity contribution in [2.45, 2.75) is 46.1 Å². The Bertz CT molecular complexity index is 348. The molecule has 0 unspecified atom stereocenters. The predicted molar refractivity (Wildman–Crippen MR) is 80.2 cm³/mol. The number of nitrogens with one attached hydrogen (secondary N) is 2. The Labute approximate surface area is 115 Å². The van der Waals surface area contributed by atoms with E-state index in [1.807, 2.05) is 11.3 Å². The number of hydrogen-bond donors (Lipinski definition) is 2. The van der Waals surface area contributed by atoms with Crippen LogP contribution in [0.2, 0.25) is 0 Å². The first kappa shape index (κ1) is 14.0. The lowest BCUT2D eigenvalue weighted by molar-refractivity contribution is 0.176. The molecule has 2 heterocycles. The first-order valence-corrected chi connectivity index (χ1v) is 8.02. The van der Waals surface area contributed by atoms with Gasteiger partial charge in [-0.05, 0) is 56.8 Å². The Kier molecular flexibility index (Phi) is 5.22. The van der Waals surface area contributed by atoms with Crippen molar-refractivity contribution < 1.29 is 0 Å². The van der Waals surface area contributed by atoms with Gasteiger partial charge in [-0.3, -0.25) is 0 Å². The number of hydrogen-bond acceptors (Lipinski definition) is 3. The first-order chi connectivity index (χ1) is 8.74. The van der Waals surface area contributed by atoms with Gasteiger partial charge in [-0.1, -0.05) is 13.3 Å². The van der Waals surface area contributed by atoms with Crippen molar-refractivity contribution >= 4 is 11.3 Å². The van der Waals surface area contributed by atoms with Gasteiger partial charge in [0, 0.05) is 22.8 Å². The third-order valence-corrected chi connectivity index (χ3v) is 5.04.